The second-order valence-electron chi connectivity index (χ2n) is 3.33. The second-order valence-corrected chi connectivity index (χ2v) is 5.07. The SMILES string of the molecule is CC(Nc1c(Cl)cccc1Cl)c1nccs1. The molecule has 0 amide bonds. The van der Waals surface area contributed by atoms with Gasteiger partial charge in [0.1, 0.15) is 5.01 Å². The molecule has 1 N–H and O–H groups in total. The monoisotopic (exact) mass is 272 g/mol. The van der Waals surface area contributed by atoms with Gasteiger partial charge in [-0.05, 0) is 19.1 Å². The molecule has 0 bridgehead atoms. The molecule has 1 atom stereocenters. The summed E-state index contributed by atoms with van der Waals surface area (Å²) in [4.78, 5) is 4.24. The van der Waals surface area contributed by atoms with Crippen LogP contribution in [0, 0.1) is 0 Å². The van der Waals surface area contributed by atoms with Crippen molar-refractivity contribution in [1.29, 1.82) is 0 Å². The van der Waals surface area contributed by atoms with Crippen LogP contribution in [-0.4, -0.2) is 4.98 Å². The number of hydrogen-bond acceptors (Lipinski definition) is 3. The van der Waals surface area contributed by atoms with Gasteiger partial charge in [0, 0.05) is 11.6 Å². The quantitative estimate of drug-likeness (QED) is 0.882. The van der Waals surface area contributed by atoms with Crippen LogP contribution in [0.2, 0.25) is 10.0 Å². The molecule has 1 heterocycles. The maximum absolute atomic E-state index is 6.07. The van der Waals surface area contributed by atoms with Crippen LogP contribution in [0.4, 0.5) is 5.69 Å². The van der Waals surface area contributed by atoms with Crippen LogP contribution in [0.1, 0.15) is 18.0 Å². The van der Waals surface area contributed by atoms with Crippen LogP contribution < -0.4 is 5.32 Å². The first-order chi connectivity index (χ1) is 7.68. The molecule has 84 valence electrons. The van der Waals surface area contributed by atoms with E-state index in [2.05, 4.69) is 10.3 Å². The highest BCUT2D eigenvalue weighted by Gasteiger charge is 2.11. The minimum Gasteiger partial charge on any atom is -0.374 e. The lowest BCUT2D eigenvalue weighted by Gasteiger charge is -2.15. The Morgan fingerprint density at radius 3 is 2.56 bits per heavy atom. The van der Waals surface area contributed by atoms with Crippen molar-refractivity contribution in [2.24, 2.45) is 0 Å². The number of nitrogens with one attached hydrogen (secondary N) is 1. The zero-order valence-corrected chi connectivity index (χ0v) is 10.9. The number of rotatable bonds is 3. The van der Waals surface area contributed by atoms with Crippen LogP contribution in [0.5, 0.6) is 0 Å². The van der Waals surface area contributed by atoms with E-state index in [1.165, 1.54) is 0 Å². The lowest BCUT2D eigenvalue weighted by atomic mass is 10.2. The number of aromatic nitrogens is 1. The van der Waals surface area contributed by atoms with Gasteiger partial charge in [0.2, 0.25) is 0 Å². The molecule has 2 rings (SSSR count). The van der Waals surface area contributed by atoms with Gasteiger partial charge in [0.05, 0.1) is 21.8 Å². The predicted molar refractivity (Wildman–Crippen MR) is 70.6 cm³/mol. The van der Waals surface area contributed by atoms with Gasteiger partial charge in [-0.3, -0.25) is 0 Å². The lowest BCUT2D eigenvalue weighted by Crippen LogP contribution is -2.06. The summed E-state index contributed by atoms with van der Waals surface area (Å²) >= 11 is 13.7. The first kappa shape index (κ1) is 11.7. The average molecular weight is 273 g/mol. The van der Waals surface area contributed by atoms with Gasteiger partial charge >= 0.3 is 0 Å². The third kappa shape index (κ3) is 2.48. The average Bonchev–Trinajstić information content (AvgIpc) is 2.76. The number of benzene rings is 1. The fraction of sp³-hybridized carbons (Fsp3) is 0.182. The van der Waals surface area contributed by atoms with Crippen molar-refractivity contribution < 1.29 is 0 Å². The van der Waals surface area contributed by atoms with Gasteiger partial charge in [0.15, 0.2) is 0 Å². The summed E-state index contributed by atoms with van der Waals surface area (Å²) < 4.78 is 0. The Balaban J connectivity index is 2.21. The summed E-state index contributed by atoms with van der Waals surface area (Å²) in [7, 11) is 0. The highest BCUT2D eigenvalue weighted by atomic mass is 35.5. The third-order valence-corrected chi connectivity index (χ3v) is 3.73. The van der Waals surface area contributed by atoms with Gasteiger partial charge in [-0.15, -0.1) is 11.3 Å². The maximum atomic E-state index is 6.07. The Kier molecular flexibility index (Phi) is 3.69. The number of para-hydroxylation sites is 1. The molecule has 0 aliphatic rings. The van der Waals surface area contributed by atoms with E-state index in [1.54, 1.807) is 17.5 Å². The fourth-order valence-corrected chi connectivity index (χ4v) is 2.51. The Morgan fingerprint density at radius 2 is 2.00 bits per heavy atom. The smallest absolute Gasteiger partial charge is 0.115 e. The Labute approximate surface area is 108 Å². The standard InChI is InChI=1S/C11H10Cl2N2S/c1-7(11-14-5-6-16-11)15-10-8(12)3-2-4-9(10)13/h2-7,15H,1H3. The van der Waals surface area contributed by atoms with Crippen molar-refractivity contribution in [2.75, 3.05) is 5.32 Å². The summed E-state index contributed by atoms with van der Waals surface area (Å²) in [6, 6.07) is 5.54. The molecule has 0 radical (unpaired) electrons. The Morgan fingerprint density at radius 1 is 1.31 bits per heavy atom. The van der Waals surface area contributed by atoms with E-state index in [0.717, 1.165) is 10.7 Å². The van der Waals surface area contributed by atoms with E-state index < -0.39 is 0 Å². The largest absolute Gasteiger partial charge is 0.374 e. The van der Waals surface area contributed by atoms with E-state index in [0.29, 0.717) is 10.0 Å². The van der Waals surface area contributed by atoms with Crippen molar-refractivity contribution in [3.05, 3.63) is 44.8 Å². The molecule has 1 aromatic heterocycles. The van der Waals surface area contributed by atoms with Crippen molar-refractivity contribution >= 4 is 40.2 Å². The maximum Gasteiger partial charge on any atom is 0.115 e. The summed E-state index contributed by atoms with van der Waals surface area (Å²) in [5, 5.41) is 7.46. The number of halogens is 2. The van der Waals surface area contributed by atoms with Crippen LogP contribution in [0.25, 0.3) is 0 Å². The minimum absolute atomic E-state index is 0.0948. The lowest BCUT2D eigenvalue weighted by molar-refractivity contribution is 0.870. The van der Waals surface area contributed by atoms with Crippen molar-refractivity contribution in [2.45, 2.75) is 13.0 Å². The molecule has 0 saturated carbocycles. The summed E-state index contributed by atoms with van der Waals surface area (Å²) in [6.07, 6.45) is 1.78. The molecule has 2 aromatic rings. The Hall–Kier alpha value is -0.770. The topological polar surface area (TPSA) is 24.9 Å². The normalized spacial score (nSPS) is 12.4. The van der Waals surface area contributed by atoms with Crippen molar-refractivity contribution in [1.82, 2.24) is 4.98 Å². The van der Waals surface area contributed by atoms with E-state index in [4.69, 9.17) is 23.2 Å². The minimum atomic E-state index is 0.0948. The van der Waals surface area contributed by atoms with Gasteiger partial charge in [-0.1, -0.05) is 29.3 Å². The first-order valence-electron chi connectivity index (χ1n) is 4.78. The fourth-order valence-electron chi connectivity index (χ4n) is 1.36. The second kappa shape index (κ2) is 5.04. The molecule has 0 fully saturated rings. The highest BCUT2D eigenvalue weighted by Crippen LogP contribution is 2.33. The molecule has 0 spiro atoms. The number of hydrogen-bond donors (Lipinski definition) is 1. The zero-order valence-electron chi connectivity index (χ0n) is 8.58. The van der Waals surface area contributed by atoms with E-state index in [-0.39, 0.29) is 6.04 Å². The molecular weight excluding hydrogens is 263 g/mol. The summed E-state index contributed by atoms with van der Waals surface area (Å²) in [5.74, 6) is 0. The van der Waals surface area contributed by atoms with E-state index >= 15 is 0 Å². The third-order valence-electron chi connectivity index (χ3n) is 2.15. The summed E-state index contributed by atoms with van der Waals surface area (Å²) in [6.45, 7) is 2.03. The molecule has 1 unspecified atom stereocenters. The molecule has 0 aliphatic heterocycles. The molecule has 16 heavy (non-hydrogen) atoms. The highest BCUT2D eigenvalue weighted by molar-refractivity contribution is 7.09. The van der Waals surface area contributed by atoms with Crippen LogP contribution >= 0.6 is 34.5 Å². The molecule has 5 heteroatoms. The van der Waals surface area contributed by atoms with Gasteiger partial charge < -0.3 is 5.32 Å². The van der Waals surface area contributed by atoms with Gasteiger partial charge in [0.25, 0.3) is 0 Å². The van der Waals surface area contributed by atoms with Gasteiger partial charge in [-0.2, -0.15) is 0 Å². The van der Waals surface area contributed by atoms with Crippen molar-refractivity contribution in [3.63, 3.8) is 0 Å². The molecule has 1 aromatic carbocycles. The van der Waals surface area contributed by atoms with Crippen LogP contribution in [0.3, 0.4) is 0 Å². The van der Waals surface area contributed by atoms with E-state index in [9.17, 15) is 0 Å². The summed E-state index contributed by atoms with van der Waals surface area (Å²) in [5.41, 5.74) is 0.758. The zero-order chi connectivity index (χ0) is 11.5. The van der Waals surface area contributed by atoms with Gasteiger partial charge in [-0.25, -0.2) is 4.98 Å². The molecule has 2 nitrogen and oxygen atoms in total. The van der Waals surface area contributed by atoms with Crippen LogP contribution in [0.15, 0.2) is 29.8 Å². The van der Waals surface area contributed by atoms with E-state index in [1.807, 2.05) is 30.5 Å². The Bertz CT molecular complexity index is 451. The van der Waals surface area contributed by atoms with Crippen molar-refractivity contribution in [3.8, 4) is 0 Å². The van der Waals surface area contributed by atoms with Crippen LogP contribution in [-0.2, 0) is 0 Å². The number of thiazole rings is 1. The molecule has 0 aliphatic carbocycles. The molecule has 0 saturated heterocycles. The number of nitrogens with zero attached hydrogens (tertiary/aromatic N) is 1. The molecular formula is C11H10Cl2N2S. The first-order valence-corrected chi connectivity index (χ1v) is 6.42. The predicted octanol–water partition coefficient (Wildman–Crippen LogP) is 4.62. The number of anilines is 1.